The number of carbonyl (C=O) groups is 2. The van der Waals surface area contributed by atoms with E-state index in [9.17, 15) is 18.4 Å². The molecular formula is C15H19F2N3O2. The molecule has 0 spiro atoms. The van der Waals surface area contributed by atoms with Crippen molar-refractivity contribution in [2.75, 3.05) is 26.2 Å². The molecular weight excluding hydrogens is 292 g/mol. The molecule has 1 N–H and O–H groups in total. The first-order chi connectivity index (χ1) is 10.6. The number of urea groups is 1. The van der Waals surface area contributed by atoms with E-state index >= 15 is 0 Å². The molecule has 120 valence electrons. The van der Waals surface area contributed by atoms with Crippen molar-refractivity contribution in [3.8, 4) is 0 Å². The van der Waals surface area contributed by atoms with Gasteiger partial charge in [0.25, 0.3) is 6.43 Å². The number of alkyl halides is 2. The largest absolute Gasteiger partial charge is 0.338 e. The first-order valence-electron chi connectivity index (χ1n) is 7.19. The van der Waals surface area contributed by atoms with E-state index in [1.54, 1.807) is 24.3 Å². The van der Waals surface area contributed by atoms with Gasteiger partial charge in [-0.05, 0) is 12.0 Å². The second-order valence-corrected chi connectivity index (χ2v) is 5.16. The predicted molar refractivity (Wildman–Crippen MR) is 77.5 cm³/mol. The Bertz CT molecular complexity index is 511. The maximum atomic E-state index is 12.7. The summed E-state index contributed by atoms with van der Waals surface area (Å²) in [6.07, 6.45) is -1.87. The first-order valence-corrected chi connectivity index (χ1v) is 7.19. The van der Waals surface area contributed by atoms with Gasteiger partial charge in [0.1, 0.15) is 6.54 Å². The van der Waals surface area contributed by atoms with Gasteiger partial charge < -0.3 is 15.1 Å². The van der Waals surface area contributed by atoms with Crippen LogP contribution in [0.2, 0.25) is 0 Å². The molecule has 7 heteroatoms. The van der Waals surface area contributed by atoms with Crippen LogP contribution in [0.1, 0.15) is 12.0 Å². The van der Waals surface area contributed by atoms with Crippen LogP contribution in [0.5, 0.6) is 0 Å². The zero-order valence-electron chi connectivity index (χ0n) is 12.2. The summed E-state index contributed by atoms with van der Waals surface area (Å²) in [5.74, 6) is -0.471. The molecule has 0 aromatic heterocycles. The van der Waals surface area contributed by atoms with Gasteiger partial charge in [-0.2, -0.15) is 0 Å². The van der Waals surface area contributed by atoms with Crippen molar-refractivity contribution in [1.82, 2.24) is 15.1 Å². The normalized spacial score (nSPS) is 14.9. The smallest absolute Gasteiger partial charge is 0.317 e. The fourth-order valence-corrected chi connectivity index (χ4v) is 2.32. The Morgan fingerprint density at radius 1 is 1.32 bits per heavy atom. The van der Waals surface area contributed by atoms with Gasteiger partial charge in [-0.15, -0.1) is 0 Å². The number of halogens is 2. The summed E-state index contributed by atoms with van der Waals surface area (Å²) in [5, 5.41) is 2.63. The van der Waals surface area contributed by atoms with E-state index in [4.69, 9.17) is 0 Å². The fourth-order valence-electron chi connectivity index (χ4n) is 2.32. The van der Waals surface area contributed by atoms with Crippen LogP contribution in [0.3, 0.4) is 0 Å². The van der Waals surface area contributed by atoms with Crippen LogP contribution in [0, 0.1) is 0 Å². The van der Waals surface area contributed by atoms with E-state index < -0.39 is 18.9 Å². The van der Waals surface area contributed by atoms with E-state index in [2.05, 4.69) is 5.32 Å². The Morgan fingerprint density at radius 3 is 2.68 bits per heavy atom. The quantitative estimate of drug-likeness (QED) is 0.869. The second-order valence-electron chi connectivity index (χ2n) is 5.16. The number of hydrogen-bond acceptors (Lipinski definition) is 2. The van der Waals surface area contributed by atoms with Crippen molar-refractivity contribution in [1.29, 1.82) is 0 Å². The number of rotatable bonds is 6. The molecule has 0 saturated carbocycles. The Morgan fingerprint density at radius 2 is 2.05 bits per heavy atom. The molecule has 1 saturated heterocycles. The van der Waals surface area contributed by atoms with Crippen LogP contribution in [0.4, 0.5) is 13.6 Å². The lowest BCUT2D eigenvalue weighted by molar-refractivity contribution is -0.134. The third-order valence-corrected chi connectivity index (χ3v) is 3.42. The van der Waals surface area contributed by atoms with Crippen LogP contribution in [0.15, 0.2) is 30.3 Å². The highest BCUT2D eigenvalue weighted by molar-refractivity contribution is 5.84. The molecule has 5 nitrogen and oxygen atoms in total. The van der Waals surface area contributed by atoms with Crippen molar-refractivity contribution < 1.29 is 18.4 Å². The van der Waals surface area contributed by atoms with Crippen LogP contribution < -0.4 is 5.32 Å². The summed E-state index contributed by atoms with van der Waals surface area (Å²) in [7, 11) is 0. The highest BCUT2D eigenvalue weighted by Crippen LogP contribution is 2.09. The summed E-state index contributed by atoms with van der Waals surface area (Å²) in [6.45, 7) is 0.341. The topological polar surface area (TPSA) is 52.7 Å². The third kappa shape index (κ3) is 4.68. The van der Waals surface area contributed by atoms with E-state index in [1.807, 2.05) is 6.07 Å². The SMILES string of the molecule is O=C(CN1CCCNC1=O)N(Cc1ccccc1)CC(F)F. The molecule has 1 fully saturated rings. The molecule has 1 aliphatic heterocycles. The number of hydrogen-bond donors (Lipinski definition) is 1. The molecule has 22 heavy (non-hydrogen) atoms. The highest BCUT2D eigenvalue weighted by Gasteiger charge is 2.24. The third-order valence-electron chi connectivity index (χ3n) is 3.42. The molecule has 0 radical (unpaired) electrons. The molecule has 1 aromatic carbocycles. The zero-order valence-corrected chi connectivity index (χ0v) is 12.2. The van der Waals surface area contributed by atoms with E-state index in [0.717, 1.165) is 16.9 Å². The Hall–Kier alpha value is -2.18. The molecule has 0 unspecified atom stereocenters. The summed E-state index contributed by atoms with van der Waals surface area (Å²) < 4.78 is 25.4. The minimum atomic E-state index is -2.61. The van der Waals surface area contributed by atoms with Crippen molar-refractivity contribution in [2.24, 2.45) is 0 Å². The first kappa shape index (κ1) is 16.2. The lowest BCUT2D eigenvalue weighted by Gasteiger charge is -2.30. The second kappa shape index (κ2) is 7.72. The van der Waals surface area contributed by atoms with Gasteiger partial charge in [0, 0.05) is 19.6 Å². The highest BCUT2D eigenvalue weighted by atomic mass is 19.3. The predicted octanol–water partition coefficient (Wildman–Crippen LogP) is 1.70. The number of benzene rings is 1. The molecule has 0 aliphatic carbocycles. The molecule has 1 aliphatic rings. The lowest BCUT2D eigenvalue weighted by Crippen LogP contribution is -2.51. The van der Waals surface area contributed by atoms with Gasteiger partial charge in [0.15, 0.2) is 0 Å². The number of amides is 3. The van der Waals surface area contributed by atoms with Crippen molar-refractivity contribution >= 4 is 11.9 Å². The van der Waals surface area contributed by atoms with Gasteiger partial charge in [-0.25, -0.2) is 13.6 Å². The molecule has 2 rings (SSSR count). The summed E-state index contributed by atoms with van der Waals surface area (Å²) in [6, 6.07) is 8.63. The van der Waals surface area contributed by atoms with Gasteiger partial charge in [-0.1, -0.05) is 30.3 Å². The Balaban J connectivity index is 2.00. The molecule has 1 aromatic rings. The Labute approximate surface area is 127 Å². The van der Waals surface area contributed by atoms with Gasteiger partial charge in [-0.3, -0.25) is 4.79 Å². The van der Waals surface area contributed by atoms with E-state index in [-0.39, 0.29) is 19.1 Å². The van der Waals surface area contributed by atoms with Crippen molar-refractivity contribution in [2.45, 2.75) is 19.4 Å². The fraction of sp³-hybridized carbons (Fsp3) is 0.467. The maximum Gasteiger partial charge on any atom is 0.317 e. The van der Waals surface area contributed by atoms with Crippen molar-refractivity contribution in [3.63, 3.8) is 0 Å². The minimum absolute atomic E-state index is 0.111. The van der Waals surface area contributed by atoms with Crippen LogP contribution >= 0.6 is 0 Å². The number of nitrogens with zero attached hydrogens (tertiary/aromatic N) is 2. The lowest BCUT2D eigenvalue weighted by atomic mass is 10.2. The maximum absolute atomic E-state index is 12.7. The minimum Gasteiger partial charge on any atom is -0.338 e. The van der Waals surface area contributed by atoms with E-state index in [0.29, 0.717) is 13.1 Å². The standard InChI is InChI=1S/C15H19F2N3O2/c16-13(17)10-20(9-12-5-2-1-3-6-12)14(21)11-19-8-4-7-18-15(19)22/h1-3,5-6,13H,4,7-11H2,(H,18,22). The zero-order chi connectivity index (χ0) is 15.9. The molecule has 0 atom stereocenters. The van der Waals surface area contributed by atoms with E-state index in [1.165, 1.54) is 4.90 Å². The summed E-state index contributed by atoms with van der Waals surface area (Å²) >= 11 is 0. The average molecular weight is 311 g/mol. The van der Waals surface area contributed by atoms with Crippen molar-refractivity contribution in [3.05, 3.63) is 35.9 Å². The molecule has 1 heterocycles. The Kier molecular flexibility index (Phi) is 5.68. The van der Waals surface area contributed by atoms with Crippen LogP contribution in [0.25, 0.3) is 0 Å². The van der Waals surface area contributed by atoms with Gasteiger partial charge >= 0.3 is 6.03 Å². The van der Waals surface area contributed by atoms with Gasteiger partial charge in [0.2, 0.25) is 5.91 Å². The average Bonchev–Trinajstić information content (AvgIpc) is 2.49. The molecule has 3 amide bonds. The van der Waals surface area contributed by atoms with Crippen LogP contribution in [-0.4, -0.2) is 54.3 Å². The van der Waals surface area contributed by atoms with Gasteiger partial charge in [0.05, 0.1) is 6.54 Å². The number of carbonyl (C=O) groups excluding carboxylic acids is 2. The summed E-state index contributed by atoms with van der Waals surface area (Å²) in [5.41, 5.74) is 0.777. The van der Waals surface area contributed by atoms with Crippen LogP contribution in [-0.2, 0) is 11.3 Å². The molecule has 0 bridgehead atoms. The number of nitrogens with one attached hydrogen (secondary N) is 1. The summed E-state index contributed by atoms with van der Waals surface area (Å²) in [4.78, 5) is 26.4. The monoisotopic (exact) mass is 311 g/mol.